The smallest absolute Gasteiger partial charge is 0.246 e. The monoisotopic (exact) mass is 288 g/mol. The molecular weight excluding hydrogens is 268 g/mol. The third-order valence-electron chi connectivity index (χ3n) is 3.20. The highest BCUT2D eigenvalue weighted by Crippen LogP contribution is 2.27. The predicted octanol–water partition coefficient (Wildman–Crippen LogP) is 2.24. The molecule has 1 amide bonds. The van der Waals surface area contributed by atoms with E-state index in [4.69, 9.17) is 4.74 Å². The number of ether oxygens (including phenoxy) is 1. The molecule has 0 spiro atoms. The summed E-state index contributed by atoms with van der Waals surface area (Å²) in [5, 5.41) is 0.792. The standard InChI is InChI=1S/C15H20N4O2/c1-5-10(2)21-15-13-11(6-7-12(20)19(3)4)8-16-14(13)17-9-18-15/h6-10H,5H2,1-4H3,(H,16,17,18)/b7-6+. The van der Waals surface area contributed by atoms with E-state index in [-0.39, 0.29) is 12.0 Å². The van der Waals surface area contributed by atoms with Gasteiger partial charge >= 0.3 is 0 Å². The maximum Gasteiger partial charge on any atom is 0.246 e. The Morgan fingerprint density at radius 2 is 2.24 bits per heavy atom. The molecule has 0 saturated carbocycles. The van der Waals surface area contributed by atoms with Crippen LogP contribution in [0.2, 0.25) is 0 Å². The van der Waals surface area contributed by atoms with Gasteiger partial charge in [0.25, 0.3) is 0 Å². The zero-order chi connectivity index (χ0) is 15.4. The Labute approximate surface area is 123 Å². The largest absolute Gasteiger partial charge is 0.474 e. The number of likely N-dealkylation sites (N-methyl/N-ethyl adjacent to an activating group) is 1. The molecule has 1 unspecified atom stereocenters. The molecule has 0 aromatic carbocycles. The minimum atomic E-state index is -0.0782. The van der Waals surface area contributed by atoms with Crippen molar-refractivity contribution in [1.82, 2.24) is 19.9 Å². The van der Waals surface area contributed by atoms with E-state index in [1.165, 1.54) is 17.3 Å². The van der Waals surface area contributed by atoms with E-state index >= 15 is 0 Å². The van der Waals surface area contributed by atoms with Crippen LogP contribution in [0.3, 0.4) is 0 Å². The summed E-state index contributed by atoms with van der Waals surface area (Å²) in [4.78, 5) is 24.6. The van der Waals surface area contributed by atoms with Crippen molar-refractivity contribution in [3.05, 3.63) is 24.2 Å². The van der Waals surface area contributed by atoms with Crippen LogP contribution in [-0.2, 0) is 4.79 Å². The molecule has 2 heterocycles. The molecule has 0 bridgehead atoms. The molecular formula is C15H20N4O2. The number of amides is 1. The lowest BCUT2D eigenvalue weighted by molar-refractivity contribution is -0.123. The summed E-state index contributed by atoms with van der Waals surface area (Å²) in [6.07, 6.45) is 7.48. The van der Waals surface area contributed by atoms with Crippen LogP contribution in [0.25, 0.3) is 17.1 Å². The SMILES string of the molecule is CCC(C)Oc1ncnc2[nH]cc(/C=C/C(=O)N(C)C)c12. The summed E-state index contributed by atoms with van der Waals surface area (Å²) in [5.41, 5.74) is 1.53. The summed E-state index contributed by atoms with van der Waals surface area (Å²) >= 11 is 0. The average Bonchev–Trinajstić information content (AvgIpc) is 2.88. The molecule has 1 N–H and O–H groups in total. The molecule has 2 rings (SSSR count). The third-order valence-corrected chi connectivity index (χ3v) is 3.20. The number of aromatic nitrogens is 3. The zero-order valence-corrected chi connectivity index (χ0v) is 12.8. The fourth-order valence-electron chi connectivity index (χ4n) is 1.76. The molecule has 2 aromatic rings. The second-order valence-corrected chi connectivity index (χ2v) is 5.05. The molecule has 0 radical (unpaired) electrons. The number of aromatic amines is 1. The Bertz CT molecular complexity index is 661. The predicted molar refractivity (Wildman–Crippen MR) is 82.0 cm³/mol. The third kappa shape index (κ3) is 3.39. The fraction of sp³-hybridized carbons (Fsp3) is 0.400. The van der Waals surface area contributed by atoms with Gasteiger partial charge in [0.2, 0.25) is 11.8 Å². The summed E-state index contributed by atoms with van der Waals surface area (Å²) < 4.78 is 5.83. The van der Waals surface area contributed by atoms with Gasteiger partial charge in [-0.25, -0.2) is 9.97 Å². The van der Waals surface area contributed by atoms with E-state index in [2.05, 4.69) is 21.9 Å². The van der Waals surface area contributed by atoms with Crippen LogP contribution < -0.4 is 4.74 Å². The second kappa shape index (κ2) is 6.39. The molecule has 0 aliphatic carbocycles. The Morgan fingerprint density at radius 1 is 1.48 bits per heavy atom. The van der Waals surface area contributed by atoms with Crippen molar-refractivity contribution < 1.29 is 9.53 Å². The highest BCUT2D eigenvalue weighted by Gasteiger charge is 2.13. The lowest BCUT2D eigenvalue weighted by atomic mass is 10.2. The van der Waals surface area contributed by atoms with Gasteiger partial charge in [-0.2, -0.15) is 0 Å². The van der Waals surface area contributed by atoms with Crippen molar-refractivity contribution in [3.63, 3.8) is 0 Å². The fourth-order valence-corrected chi connectivity index (χ4v) is 1.76. The number of carbonyl (C=O) groups is 1. The first kappa shape index (κ1) is 15.0. The van der Waals surface area contributed by atoms with Gasteiger partial charge in [-0.1, -0.05) is 6.92 Å². The molecule has 0 aliphatic rings. The maximum atomic E-state index is 11.6. The Hall–Kier alpha value is -2.37. The van der Waals surface area contributed by atoms with Gasteiger partial charge in [-0.15, -0.1) is 0 Å². The highest BCUT2D eigenvalue weighted by atomic mass is 16.5. The van der Waals surface area contributed by atoms with Crippen molar-refractivity contribution in [2.75, 3.05) is 14.1 Å². The van der Waals surface area contributed by atoms with Crippen molar-refractivity contribution in [2.45, 2.75) is 26.4 Å². The van der Waals surface area contributed by atoms with E-state index in [0.717, 1.165) is 17.4 Å². The van der Waals surface area contributed by atoms with Crippen LogP contribution in [0.15, 0.2) is 18.6 Å². The lowest BCUT2D eigenvalue weighted by Crippen LogP contribution is -2.18. The molecule has 2 aromatic heterocycles. The molecule has 6 nitrogen and oxygen atoms in total. The van der Waals surface area contributed by atoms with E-state index in [9.17, 15) is 4.79 Å². The molecule has 0 saturated heterocycles. The Kier molecular flexibility index (Phi) is 4.57. The van der Waals surface area contributed by atoms with Gasteiger partial charge in [0.1, 0.15) is 12.0 Å². The Morgan fingerprint density at radius 3 is 2.90 bits per heavy atom. The average molecular weight is 288 g/mol. The first-order valence-electron chi connectivity index (χ1n) is 6.91. The summed E-state index contributed by atoms with van der Waals surface area (Å²) in [6.45, 7) is 4.04. The highest BCUT2D eigenvalue weighted by molar-refractivity contribution is 5.96. The first-order valence-corrected chi connectivity index (χ1v) is 6.91. The van der Waals surface area contributed by atoms with Crippen LogP contribution >= 0.6 is 0 Å². The maximum absolute atomic E-state index is 11.6. The zero-order valence-electron chi connectivity index (χ0n) is 12.8. The van der Waals surface area contributed by atoms with E-state index < -0.39 is 0 Å². The van der Waals surface area contributed by atoms with Crippen LogP contribution in [0.5, 0.6) is 5.88 Å². The molecule has 112 valence electrons. The number of nitrogens with zero attached hydrogens (tertiary/aromatic N) is 3. The van der Waals surface area contributed by atoms with E-state index in [0.29, 0.717) is 11.5 Å². The van der Waals surface area contributed by atoms with Crippen molar-refractivity contribution >= 4 is 23.0 Å². The van der Waals surface area contributed by atoms with Crippen LogP contribution in [0.1, 0.15) is 25.8 Å². The molecule has 1 atom stereocenters. The topological polar surface area (TPSA) is 71.1 Å². The number of nitrogens with one attached hydrogen (secondary N) is 1. The molecule has 0 fully saturated rings. The summed E-state index contributed by atoms with van der Waals surface area (Å²) in [6, 6.07) is 0. The molecule has 0 aliphatic heterocycles. The van der Waals surface area contributed by atoms with Gasteiger partial charge in [0.05, 0.1) is 11.5 Å². The minimum Gasteiger partial charge on any atom is -0.474 e. The quantitative estimate of drug-likeness (QED) is 0.856. The van der Waals surface area contributed by atoms with Gasteiger partial charge in [0, 0.05) is 31.9 Å². The van der Waals surface area contributed by atoms with Gasteiger partial charge in [-0.05, 0) is 19.4 Å². The van der Waals surface area contributed by atoms with Crippen molar-refractivity contribution in [3.8, 4) is 5.88 Å². The van der Waals surface area contributed by atoms with Crippen molar-refractivity contribution in [2.24, 2.45) is 0 Å². The molecule has 6 heteroatoms. The summed E-state index contributed by atoms with van der Waals surface area (Å²) in [7, 11) is 3.42. The van der Waals surface area contributed by atoms with Gasteiger partial charge < -0.3 is 14.6 Å². The normalized spacial score (nSPS) is 12.8. The first-order chi connectivity index (χ1) is 10.0. The van der Waals surface area contributed by atoms with Crippen molar-refractivity contribution in [1.29, 1.82) is 0 Å². The van der Waals surface area contributed by atoms with E-state index in [1.807, 2.05) is 6.92 Å². The number of hydrogen-bond donors (Lipinski definition) is 1. The van der Waals surface area contributed by atoms with Gasteiger partial charge in [-0.3, -0.25) is 4.79 Å². The number of carbonyl (C=O) groups excluding carboxylic acids is 1. The molecule has 21 heavy (non-hydrogen) atoms. The van der Waals surface area contributed by atoms with Crippen LogP contribution in [0.4, 0.5) is 0 Å². The minimum absolute atomic E-state index is 0.0678. The van der Waals surface area contributed by atoms with E-state index in [1.54, 1.807) is 26.4 Å². The second-order valence-electron chi connectivity index (χ2n) is 5.05. The number of hydrogen-bond acceptors (Lipinski definition) is 4. The Balaban J connectivity index is 2.39. The van der Waals surface area contributed by atoms with Crippen LogP contribution in [0, 0.1) is 0 Å². The number of rotatable bonds is 5. The number of fused-ring (bicyclic) bond motifs is 1. The number of H-pyrrole nitrogens is 1. The lowest BCUT2D eigenvalue weighted by Gasteiger charge is -2.12. The van der Waals surface area contributed by atoms with Gasteiger partial charge in [0.15, 0.2) is 0 Å². The van der Waals surface area contributed by atoms with Crippen LogP contribution in [-0.4, -0.2) is 46.0 Å². The summed E-state index contributed by atoms with van der Waals surface area (Å²) in [5.74, 6) is 0.457.